The van der Waals surface area contributed by atoms with E-state index in [-0.39, 0.29) is 35.1 Å². The highest BCUT2D eigenvalue weighted by Crippen LogP contribution is 2.41. The smallest absolute Gasteiger partial charge is 0.259 e. The molecule has 0 radical (unpaired) electrons. The molecule has 4 aromatic rings. The number of nitrogens with zero attached hydrogens (tertiary/aromatic N) is 4. The minimum Gasteiger partial charge on any atom is -0.367 e. The van der Waals surface area contributed by atoms with Crippen LogP contribution in [0, 0.1) is 17.1 Å². The Morgan fingerprint density at radius 3 is 2.43 bits per heavy atom. The minimum absolute atomic E-state index is 0.0954. The van der Waals surface area contributed by atoms with E-state index in [0.29, 0.717) is 53.9 Å². The van der Waals surface area contributed by atoms with Gasteiger partial charge in [0.05, 0.1) is 24.4 Å². The number of piperidine rings is 1. The molecule has 3 heterocycles. The summed E-state index contributed by atoms with van der Waals surface area (Å²) in [4.78, 5) is 42.8. The van der Waals surface area contributed by atoms with Crippen molar-refractivity contribution < 1.29 is 25.6 Å². The standard InChI is InChI=1S/C35H30FN5O3/c36-28-19-24(20-37)8-10-29(28)40-16-14-39(15-17-40)21-23-6-4-22(5-7-23)18-25-9-11-30-33-26(25)2-1-3-27(33)35(44)41(30)31-12-13-32(42)38-34(31)43/h1-11,19,31H,12-18,21H2,(H,38,42,43)/i18D2,21D2,31D. The molecule has 4 aromatic carbocycles. The number of piperazine rings is 1. The maximum atomic E-state index is 14.6. The maximum absolute atomic E-state index is 14.6. The van der Waals surface area contributed by atoms with Crippen molar-refractivity contribution in [2.24, 2.45) is 0 Å². The van der Waals surface area contributed by atoms with E-state index in [0.717, 1.165) is 4.90 Å². The van der Waals surface area contributed by atoms with Crippen LogP contribution >= 0.6 is 0 Å². The van der Waals surface area contributed by atoms with Crippen LogP contribution in [0.3, 0.4) is 0 Å². The summed E-state index contributed by atoms with van der Waals surface area (Å²) in [5.41, 5.74) is 1.96. The molecule has 0 spiro atoms. The molecule has 1 unspecified atom stereocenters. The molecule has 3 aliphatic rings. The maximum Gasteiger partial charge on any atom is 0.259 e. The van der Waals surface area contributed by atoms with Gasteiger partial charge in [0.15, 0.2) is 0 Å². The number of halogens is 1. The second-order valence-corrected chi connectivity index (χ2v) is 10.9. The SMILES string of the molecule is [2H]C([2H])(c1ccc(C([2H])([2H])N2CCN(c3ccc(C#N)cc3F)CC2)cc1)c1ccc2c3c(cccc13)C(=O)N2C1([2H])CCC(=O)NC1=O. The van der Waals surface area contributed by atoms with E-state index in [2.05, 4.69) is 5.32 Å². The Balaban J connectivity index is 1.14. The van der Waals surface area contributed by atoms with Crippen LogP contribution < -0.4 is 15.1 Å². The quantitative estimate of drug-likeness (QED) is 0.331. The Hall–Kier alpha value is -5.07. The summed E-state index contributed by atoms with van der Waals surface area (Å²) in [6, 6.07) is 18.3. The summed E-state index contributed by atoms with van der Waals surface area (Å²) >= 11 is 0. The second kappa shape index (κ2) is 11.2. The number of rotatable bonds is 6. The predicted octanol–water partition coefficient (Wildman–Crippen LogP) is 4.53. The summed E-state index contributed by atoms with van der Waals surface area (Å²) in [5, 5.41) is 12.0. The monoisotopic (exact) mass is 592 g/mol. The molecule has 3 aliphatic heterocycles. The first kappa shape index (κ1) is 22.5. The van der Waals surface area contributed by atoms with Gasteiger partial charge in [-0.25, -0.2) is 4.39 Å². The molecule has 8 nitrogen and oxygen atoms in total. The molecule has 2 fully saturated rings. The molecule has 0 aliphatic carbocycles. The number of anilines is 2. The highest BCUT2D eigenvalue weighted by molar-refractivity contribution is 6.27. The number of carbonyl (C=O) groups excluding carboxylic acids is 3. The van der Waals surface area contributed by atoms with Crippen molar-refractivity contribution in [3.05, 3.63) is 106 Å². The van der Waals surface area contributed by atoms with Gasteiger partial charge in [0.2, 0.25) is 11.8 Å². The molecule has 0 aromatic heterocycles. The van der Waals surface area contributed by atoms with E-state index in [1.165, 1.54) is 18.2 Å². The third-order valence-corrected chi connectivity index (χ3v) is 8.22. The van der Waals surface area contributed by atoms with E-state index >= 15 is 0 Å². The van der Waals surface area contributed by atoms with Crippen LogP contribution in [0.5, 0.6) is 0 Å². The van der Waals surface area contributed by atoms with Crippen molar-refractivity contribution in [1.82, 2.24) is 10.2 Å². The van der Waals surface area contributed by atoms with Gasteiger partial charge in [0, 0.05) is 55.5 Å². The summed E-state index contributed by atoms with van der Waals surface area (Å²) in [7, 11) is 0. The Kier molecular flexibility index (Phi) is 5.72. The van der Waals surface area contributed by atoms with Gasteiger partial charge in [-0.3, -0.25) is 29.5 Å². The van der Waals surface area contributed by atoms with Crippen molar-refractivity contribution in [1.29, 1.82) is 5.26 Å². The van der Waals surface area contributed by atoms with Gasteiger partial charge in [-0.1, -0.05) is 42.5 Å². The predicted molar refractivity (Wildman–Crippen MR) is 165 cm³/mol. The molecule has 3 amide bonds. The lowest BCUT2D eigenvalue weighted by Crippen LogP contribution is -2.53. The average molecular weight is 593 g/mol. The Labute approximate surface area is 261 Å². The van der Waals surface area contributed by atoms with Crippen molar-refractivity contribution >= 4 is 39.9 Å². The average Bonchev–Trinajstić information content (AvgIpc) is 3.39. The molecule has 9 heteroatoms. The van der Waals surface area contributed by atoms with Gasteiger partial charge in [-0.05, 0) is 65.2 Å². The zero-order valence-corrected chi connectivity index (χ0v) is 23.6. The van der Waals surface area contributed by atoms with E-state index in [1.807, 2.05) is 11.0 Å². The van der Waals surface area contributed by atoms with Gasteiger partial charge in [0.1, 0.15) is 11.8 Å². The third-order valence-electron chi connectivity index (χ3n) is 8.22. The van der Waals surface area contributed by atoms with E-state index in [9.17, 15) is 21.5 Å². The number of hydrogen-bond acceptors (Lipinski definition) is 6. The number of nitrogens with one attached hydrogen (secondary N) is 1. The van der Waals surface area contributed by atoms with E-state index < -0.39 is 42.4 Å². The molecule has 1 atom stereocenters. The number of hydrogen-bond donors (Lipinski definition) is 1. The molecule has 44 heavy (non-hydrogen) atoms. The zero-order valence-electron chi connectivity index (χ0n) is 28.6. The molecule has 1 N–H and O–H groups in total. The van der Waals surface area contributed by atoms with Crippen LogP contribution in [0.1, 0.15) is 52.3 Å². The number of amides is 3. The lowest BCUT2D eigenvalue weighted by molar-refractivity contribution is -0.134. The highest BCUT2D eigenvalue weighted by atomic mass is 19.1. The van der Waals surface area contributed by atoms with Crippen LogP contribution in [0.25, 0.3) is 10.8 Å². The molecule has 0 bridgehead atoms. The van der Waals surface area contributed by atoms with Gasteiger partial charge in [-0.2, -0.15) is 5.26 Å². The van der Waals surface area contributed by atoms with Crippen LogP contribution in [-0.4, -0.2) is 54.8 Å². The first-order chi connectivity index (χ1) is 23.3. The second-order valence-electron chi connectivity index (χ2n) is 10.9. The van der Waals surface area contributed by atoms with Crippen molar-refractivity contribution in [2.75, 3.05) is 36.0 Å². The fraction of sp³-hybridized carbons (Fsp3) is 0.257. The summed E-state index contributed by atoms with van der Waals surface area (Å²) in [5.74, 6) is -2.48. The molecule has 220 valence electrons. The first-order valence-corrected chi connectivity index (χ1v) is 14.3. The van der Waals surface area contributed by atoms with Crippen LogP contribution in [-0.2, 0) is 22.5 Å². The van der Waals surface area contributed by atoms with Crippen LogP contribution in [0.15, 0.2) is 72.8 Å². The Morgan fingerprint density at radius 1 is 0.955 bits per heavy atom. The van der Waals surface area contributed by atoms with Crippen molar-refractivity contribution in [3.63, 3.8) is 0 Å². The summed E-state index contributed by atoms with van der Waals surface area (Å²) in [6.07, 6.45) is -2.35. The van der Waals surface area contributed by atoms with E-state index in [1.54, 1.807) is 59.5 Å². The molecule has 2 saturated heterocycles. The number of carbonyl (C=O) groups is 3. The topological polar surface area (TPSA) is 96.8 Å². The van der Waals surface area contributed by atoms with Gasteiger partial charge in [-0.15, -0.1) is 0 Å². The van der Waals surface area contributed by atoms with Gasteiger partial charge >= 0.3 is 0 Å². The Bertz CT molecular complexity index is 2100. The lowest BCUT2D eigenvalue weighted by Gasteiger charge is -2.36. The number of imide groups is 1. The molecule has 7 rings (SSSR count). The van der Waals surface area contributed by atoms with Gasteiger partial charge in [0.25, 0.3) is 5.91 Å². The van der Waals surface area contributed by atoms with Crippen LogP contribution in [0.2, 0.25) is 0 Å². The number of benzene rings is 4. The van der Waals surface area contributed by atoms with Crippen molar-refractivity contribution in [3.8, 4) is 6.07 Å². The highest BCUT2D eigenvalue weighted by Gasteiger charge is 2.40. The number of nitriles is 1. The first-order valence-electron chi connectivity index (χ1n) is 16.8. The largest absolute Gasteiger partial charge is 0.367 e. The molecule has 0 saturated carbocycles. The summed E-state index contributed by atoms with van der Waals surface area (Å²) < 4.78 is 59.7. The van der Waals surface area contributed by atoms with Gasteiger partial charge < -0.3 is 4.90 Å². The van der Waals surface area contributed by atoms with Crippen LogP contribution in [0.4, 0.5) is 15.8 Å². The fourth-order valence-electron chi connectivity index (χ4n) is 6.04. The lowest BCUT2D eigenvalue weighted by atomic mass is 9.95. The molecular formula is C35H30FN5O3. The minimum atomic E-state index is -2.08. The Morgan fingerprint density at radius 2 is 1.70 bits per heavy atom. The fourth-order valence-corrected chi connectivity index (χ4v) is 6.04. The molecular weight excluding hydrogens is 557 g/mol. The van der Waals surface area contributed by atoms with Crippen molar-refractivity contribution in [2.45, 2.75) is 31.7 Å². The zero-order chi connectivity index (χ0) is 34.9. The third kappa shape index (κ3) is 4.97. The summed E-state index contributed by atoms with van der Waals surface area (Å²) in [6.45, 7) is -0.531. The van der Waals surface area contributed by atoms with E-state index in [4.69, 9.17) is 9.37 Å². The normalized spacial score (nSPS) is 22.5.